The van der Waals surface area contributed by atoms with Crippen molar-refractivity contribution in [1.29, 1.82) is 0 Å². The molecule has 0 bridgehead atoms. The Balaban J connectivity index is 1.18. The maximum atomic E-state index is 10.6. The molecule has 0 aromatic carbocycles. The Bertz CT molecular complexity index is 1310. The van der Waals surface area contributed by atoms with Gasteiger partial charge in [-0.3, -0.25) is 9.40 Å². The van der Waals surface area contributed by atoms with Crippen molar-refractivity contribution >= 4 is 29.7 Å². The third-order valence-corrected chi connectivity index (χ3v) is 6.44. The van der Waals surface area contributed by atoms with E-state index in [0.29, 0.717) is 0 Å². The Morgan fingerprint density at radius 3 is 2.58 bits per heavy atom. The van der Waals surface area contributed by atoms with Crippen molar-refractivity contribution in [2.24, 2.45) is 15.7 Å². The molecule has 2 aromatic rings. The minimum absolute atomic E-state index is 0.0570. The van der Waals surface area contributed by atoms with Gasteiger partial charge in [-0.05, 0) is 0 Å². The molecule has 2 saturated heterocycles. The number of anilines is 1. The second kappa shape index (κ2) is 9.32. The second-order valence-corrected chi connectivity index (χ2v) is 8.66. The second-order valence-electron chi connectivity index (χ2n) is 8.66. The standard InChI is InChI=1S/C18H24N12O8/c19-12-7-14(22-2-21-12)27(3-23-7)18-11(34)16(35)30(37-18)26-38-29-5-25-13(20)8-15(29)28(4-24-8)17-10(33)9(32)6(1-31)36-17/h2-6,9-11,15-18,26,31-35H,1,20H2,(H2,19,21,22)/t6-,9-,10-,11-,15?,16+,17-,18-/m1/s1. The van der Waals surface area contributed by atoms with E-state index in [9.17, 15) is 25.5 Å². The van der Waals surface area contributed by atoms with Gasteiger partial charge >= 0.3 is 0 Å². The lowest BCUT2D eigenvalue weighted by molar-refractivity contribution is -0.358. The minimum atomic E-state index is -1.62. The van der Waals surface area contributed by atoms with Gasteiger partial charge in [0.25, 0.3) is 0 Å². The van der Waals surface area contributed by atoms with Gasteiger partial charge in [0.15, 0.2) is 42.1 Å². The number of rotatable bonds is 6. The smallest absolute Gasteiger partial charge is 0.189 e. The number of nitrogens with one attached hydrogen (secondary N) is 1. The van der Waals surface area contributed by atoms with Crippen LogP contribution in [0.2, 0.25) is 0 Å². The summed E-state index contributed by atoms with van der Waals surface area (Å²) < 4.78 is 6.96. The summed E-state index contributed by atoms with van der Waals surface area (Å²) in [6.45, 7) is -0.517. The van der Waals surface area contributed by atoms with E-state index in [0.717, 1.165) is 10.2 Å². The maximum absolute atomic E-state index is 10.6. The summed E-state index contributed by atoms with van der Waals surface area (Å²) in [5.74, 6) is 0.187. The number of nitrogen functional groups attached to an aromatic ring is 1. The molecule has 0 saturated carbocycles. The minimum Gasteiger partial charge on any atom is -0.394 e. The summed E-state index contributed by atoms with van der Waals surface area (Å²) in [4.78, 5) is 32.9. The van der Waals surface area contributed by atoms with Crippen molar-refractivity contribution in [1.82, 2.24) is 40.2 Å². The third-order valence-electron chi connectivity index (χ3n) is 6.44. The first kappa shape index (κ1) is 24.7. The normalized spacial score (nSPS) is 35.3. The molecule has 10 N–H and O–H groups in total. The number of hydrogen-bond donors (Lipinski definition) is 8. The first-order chi connectivity index (χ1) is 18.3. The Morgan fingerprint density at radius 2 is 1.82 bits per heavy atom. The van der Waals surface area contributed by atoms with Gasteiger partial charge in [-0.1, -0.05) is 10.8 Å². The van der Waals surface area contributed by atoms with Crippen LogP contribution in [0.25, 0.3) is 11.2 Å². The topological polar surface area (TPSA) is 271 Å². The number of imidazole rings is 1. The SMILES string of the molecule is NC1=C2N=CN([C@@H]3O[C@H](CO)[C@@H](O)[C@H]3O)C2N(ONN2O[C@@H](n3cnc4c(N)ncnc43)[C@H](O)[C@@H]2O)C=N1. The Kier molecular flexibility index (Phi) is 6.07. The summed E-state index contributed by atoms with van der Waals surface area (Å²) >= 11 is 0. The van der Waals surface area contributed by atoms with Crippen molar-refractivity contribution in [3.05, 3.63) is 24.2 Å². The molecule has 8 atom stereocenters. The number of hydroxylamine groups is 3. The number of hydrazine groups is 1. The largest absolute Gasteiger partial charge is 0.394 e. The van der Waals surface area contributed by atoms with Crippen LogP contribution in [-0.2, 0) is 14.5 Å². The van der Waals surface area contributed by atoms with Crippen LogP contribution in [-0.4, -0.2) is 123 Å². The molecule has 20 heteroatoms. The molecule has 4 aliphatic rings. The average Bonchev–Trinajstić information content (AvgIpc) is 3.67. The van der Waals surface area contributed by atoms with Crippen molar-refractivity contribution in [3.63, 3.8) is 0 Å². The number of aliphatic imine (C=N–C) groups is 2. The Hall–Kier alpha value is -3.57. The lowest BCUT2D eigenvalue weighted by atomic mass is 10.1. The predicted molar refractivity (Wildman–Crippen MR) is 121 cm³/mol. The van der Waals surface area contributed by atoms with Crippen LogP contribution >= 0.6 is 0 Å². The Labute approximate surface area is 212 Å². The van der Waals surface area contributed by atoms with Crippen LogP contribution in [0.15, 0.2) is 34.2 Å². The van der Waals surface area contributed by atoms with E-state index in [1.54, 1.807) is 0 Å². The summed E-state index contributed by atoms with van der Waals surface area (Å²) in [6, 6.07) is 0. The van der Waals surface area contributed by atoms with E-state index in [1.165, 1.54) is 34.8 Å². The van der Waals surface area contributed by atoms with Crippen LogP contribution in [0.5, 0.6) is 0 Å². The highest BCUT2D eigenvalue weighted by molar-refractivity contribution is 5.81. The van der Waals surface area contributed by atoms with Gasteiger partial charge in [0, 0.05) is 0 Å². The zero-order valence-electron chi connectivity index (χ0n) is 19.3. The number of nitrogens with zero attached hydrogens (tertiary/aromatic N) is 9. The molecule has 20 nitrogen and oxygen atoms in total. The molecule has 38 heavy (non-hydrogen) atoms. The summed E-state index contributed by atoms with van der Waals surface area (Å²) in [5, 5.41) is 53.1. The van der Waals surface area contributed by atoms with Gasteiger partial charge in [0.05, 0.1) is 19.3 Å². The number of nitrogens with two attached hydrogens (primary N) is 2. The van der Waals surface area contributed by atoms with Crippen molar-refractivity contribution in [2.75, 3.05) is 12.3 Å². The van der Waals surface area contributed by atoms with Gasteiger partial charge in [-0.2, -0.15) is 10.0 Å². The van der Waals surface area contributed by atoms with Crippen LogP contribution in [0, 0.1) is 0 Å². The third kappa shape index (κ3) is 3.75. The van der Waals surface area contributed by atoms with Gasteiger partial charge < -0.3 is 46.6 Å². The van der Waals surface area contributed by atoms with E-state index in [1.807, 2.05) is 0 Å². The molecule has 2 fully saturated rings. The molecule has 204 valence electrons. The fourth-order valence-electron chi connectivity index (χ4n) is 4.46. The summed E-state index contributed by atoms with van der Waals surface area (Å²) in [6.07, 6.45) is -5.04. The Morgan fingerprint density at radius 1 is 1.00 bits per heavy atom. The lowest BCUT2D eigenvalue weighted by Crippen LogP contribution is -2.57. The molecule has 0 amide bonds. The molecule has 1 unspecified atom stereocenters. The first-order valence-corrected chi connectivity index (χ1v) is 11.2. The molecule has 0 spiro atoms. The number of aliphatic hydroxyl groups excluding tert-OH is 5. The van der Waals surface area contributed by atoms with E-state index < -0.39 is 55.9 Å². The molecular formula is C18H24N12O8. The van der Waals surface area contributed by atoms with Gasteiger partial charge in [-0.15, -0.1) is 0 Å². The van der Waals surface area contributed by atoms with Gasteiger partial charge in [0.2, 0.25) is 0 Å². The molecule has 6 heterocycles. The highest BCUT2D eigenvalue weighted by Gasteiger charge is 2.51. The lowest BCUT2D eigenvalue weighted by Gasteiger charge is -2.38. The first-order valence-electron chi connectivity index (χ1n) is 11.2. The van der Waals surface area contributed by atoms with Crippen LogP contribution in [0.3, 0.4) is 0 Å². The maximum Gasteiger partial charge on any atom is 0.189 e. The van der Waals surface area contributed by atoms with E-state index in [4.69, 9.17) is 26.0 Å². The van der Waals surface area contributed by atoms with Gasteiger partial charge in [-0.25, -0.2) is 24.9 Å². The number of ether oxygens (including phenoxy) is 1. The van der Waals surface area contributed by atoms with E-state index in [2.05, 4.69) is 30.5 Å². The highest BCUT2D eigenvalue weighted by Crippen LogP contribution is 2.34. The van der Waals surface area contributed by atoms with Crippen LogP contribution in [0.1, 0.15) is 6.23 Å². The predicted octanol–water partition coefficient (Wildman–Crippen LogP) is -5.23. The van der Waals surface area contributed by atoms with Crippen molar-refractivity contribution < 1.29 is 40.0 Å². The zero-order valence-corrected chi connectivity index (χ0v) is 19.3. The van der Waals surface area contributed by atoms with Crippen molar-refractivity contribution in [3.8, 4) is 0 Å². The fraction of sp³-hybridized carbons (Fsp3) is 0.500. The van der Waals surface area contributed by atoms with E-state index in [-0.39, 0.29) is 28.5 Å². The van der Waals surface area contributed by atoms with Crippen LogP contribution < -0.4 is 17.1 Å². The number of fused-ring (bicyclic) bond motifs is 2. The number of hydrogen-bond acceptors (Lipinski definition) is 19. The quantitative estimate of drug-likeness (QED) is 0.160. The van der Waals surface area contributed by atoms with E-state index >= 15 is 0 Å². The molecule has 0 radical (unpaired) electrons. The van der Waals surface area contributed by atoms with Crippen molar-refractivity contribution in [2.45, 2.75) is 49.3 Å². The highest BCUT2D eigenvalue weighted by atomic mass is 16.9. The zero-order chi connectivity index (χ0) is 26.7. The van der Waals surface area contributed by atoms with Gasteiger partial charge in [0.1, 0.15) is 48.3 Å². The molecule has 4 aliphatic heterocycles. The van der Waals surface area contributed by atoms with Crippen LogP contribution in [0.4, 0.5) is 5.82 Å². The molecule has 0 aliphatic carbocycles. The molecule has 6 rings (SSSR count). The molecular weight excluding hydrogens is 512 g/mol. The number of aliphatic hydroxyl groups is 5. The monoisotopic (exact) mass is 536 g/mol. The average molecular weight is 536 g/mol. The fourth-order valence-corrected chi connectivity index (χ4v) is 4.46. The molecule has 2 aromatic heterocycles. The summed E-state index contributed by atoms with van der Waals surface area (Å²) in [5.41, 5.74) is 14.9. The number of aromatic nitrogens is 4. The summed E-state index contributed by atoms with van der Waals surface area (Å²) in [7, 11) is 0.